The van der Waals surface area contributed by atoms with Crippen LogP contribution < -0.4 is 0 Å². The number of allylic oxidation sites excluding steroid dienone is 1. The SMILES string of the molecule is C/C=C(\OS(=O)(=O)C(F)(F)F)c1ccc(F)nc1. The number of pyridine rings is 1. The molecule has 1 heterocycles. The normalized spacial score (nSPS) is 13.5. The van der Waals surface area contributed by atoms with E-state index in [9.17, 15) is 26.0 Å². The summed E-state index contributed by atoms with van der Waals surface area (Å²) in [6.45, 7) is 1.27. The first-order chi connectivity index (χ1) is 8.17. The van der Waals surface area contributed by atoms with Gasteiger partial charge in [-0.05, 0) is 25.1 Å². The summed E-state index contributed by atoms with van der Waals surface area (Å²) in [4.78, 5) is 3.18. The first-order valence-electron chi connectivity index (χ1n) is 4.46. The van der Waals surface area contributed by atoms with Crippen LogP contribution in [0.1, 0.15) is 12.5 Å². The molecule has 0 N–H and O–H groups in total. The van der Waals surface area contributed by atoms with Crippen LogP contribution in [-0.4, -0.2) is 18.9 Å². The maximum atomic E-state index is 12.5. The molecule has 1 aromatic rings. The van der Waals surface area contributed by atoms with E-state index in [-0.39, 0.29) is 5.56 Å². The molecule has 100 valence electrons. The van der Waals surface area contributed by atoms with Gasteiger partial charge in [0.1, 0.15) is 5.76 Å². The molecule has 1 rings (SSSR count). The summed E-state index contributed by atoms with van der Waals surface area (Å²) in [6.07, 6.45) is 1.86. The number of hydrogen-bond acceptors (Lipinski definition) is 4. The monoisotopic (exact) mass is 285 g/mol. The number of nitrogens with zero attached hydrogens (tertiary/aromatic N) is 1. The van der Waals surface area contributed by atoms with Crippen molar-refractivity contribution in [1.82, 2.24) is 4.98 Å². The fraction of sp³-hybridized carbons (Fsp3) is 0.222. The molecule has 0 radical (unpaired) electrons. The third-order valence-corrected chi connectivity index (χ3v) is 2.72. The molecule has 0 aliphatic carbocycles. The van der Waals surface area contributed by atoms with Gasteiger partial charge in [-0.15, -0.1) is 0 Å². The van der Waals surface area contributed by atoms with Gasteiger partial charge in [-0.3, -0.25) is 0 Å². The Labute approximate surface area is 100 Å². The van der Waals surface area contributed by atoms with Gasteiger partial charge in [0.25, 0.3) is 0 Å². The van der Waals surface area contributed by atoms with Gasteiger partial charge in [0.05, 0.1) is 0 Å². The van der Waals surface area contributed by atoms with E-state index in [4.69, 9.17) is 0 Å². The predicted octanol–water partition coefficient (Wildman–Crippen LogP) is 2.45. The van der Waals surface area contributed by atoms with E-state index in [0.29, 0.717) is 0 Å². The predicted molar refractivity (Wildman–Crippen MR) is 53.9 cm³/mol. The lowest BCUT2D eigenvalue weighted by atomic mass is 10.2. The van der Waals surface area contributed by atoms with Crippen LogP contribution in [0.2, 0.25) is 0 Å². The highest BCUT2D eigenvalue weighted by Crippen LogP contribution is 2.29. The molecule has 0 amide bonds. The molecule has 0 fully saturated rings. The van der Waals surface area contributed by atoms with Crippen LogP contribution in [0.5, 0.6) is 0 Å². The molecule has 1 aromatic heterocycles. The van der Waals surface area contributed by atoms with E-state index in [2.05, 4.69) is 9.17 Å². The molecule has 4 nitrogen and oxygen atoms in total. The summed E-state index contributed by atoms with van der Waals surface area (Å²) in [6, 6.07) is 1.91. The largest absolute Gasteiger partial charge is 0.534 e. The maximum Gasteiger partial charge on any atom is 0.534 e. The van der Waals surface area contributed by atoms with Crippen LogP contribution in [-0.2, 0) is 14.3 Å². The first kappa shape index (κ1) is 14.4. The fourth-order valence-corrected chi connectivity index (χ4v) is 1.47. The number of rotatable bonds is 3. The van der Waals surface area contributed by atoms with Gasteiger partial charge in [-0.2, -0.15) is 26.0 Å². The van der Waals surface area contributed by atoms with E-state index >= 15 is 0 Å². The van der Waals surface area contributed by atoms with E-state index in [1.54, 1.807) is 0 Å². The van der Waals surface area contributed by atoms with Gasteiger partial charge >= 0.3 is 15.6 Å². The fourth-order valence-electron chi connectivity index (χ4n) is 0.950. The minimum absolute atomic E-state index is 0.0910. The van der Waals surface area contributed by atoms with E-state index in [0.717, 1.165) is 24.4 Å². The van der Waals surface area contributed by atoms with E-state index in [1.807, 2.05) is 0 Å². The Morgan fingerprint density at radius 3 is 2.39 bits per heavy atom. The van der Waals surface area contributed by atoms with Crippen LogP contribution in [0, 0.1) is 5.95 Å². The number of alkyl halides is 3. The third-order valence-electron chi connectivity index (χ3n) is 1.76. The highest BCUT2D eigenvalue weighted by Gasteiger charge is 2.48. The zero-order valence-electron chi connectivity index (χ0n) is 8.90. The van der Waals surface area contributed by atoms with E-state index in [1.165, 1.54) is 6.92 Å². The van der Waals surface area contributed by atoms with Crippen molar-refractivity contribution in [2.75, 3.05) is 0 Å². The topological polar surface area (TPSA) is 56.3 Å². The van der Waals surface area contributed by atoms with E-state index < -0.39 is 27.3 Å². The zero-order valence-corrected chi connectivity index (χ0v) is 9.72. The minimum atomic E-state index is -5.76. The Hall–Kier alpha value is -1.64. The molecule has 0 spiro atoms. The Morgan fingerprint density at radius 1 is 1.39 bits per heavy atom. The second-order valence-corrected chi connectivity index (χ2v) is 4.54. The maximum absolute atomic E-state index is 12.5. The van der Waals surface area contributed by atoms with Crippen molar-refractivity contribution in [2.24, 2.45) is 0 Å². The molecule has 0 aromatic carbocycles. The summed E-state index contributed by atoms with van der Waals surface area (Å²) in [7, 11) is -5.76. The lowest BCUT2D eigenvalue weighted by Crippen LogP contribution is -2.25. The highest BCUT2D eigenvalue weighted by atomic mass is 32.2. The van der Waals surface area contributed by atoms with Gasteiger partial charge < -0.3 is 4.18 Å². The molecular weight excluding hydrogens is 278 g/mol. The molecule has 0 aliphatic rings. The Kier molecular flexibility index (Phi) is 3.95. The van der Waals surface area contributed by atoms with Crippen LogP contribution in [0.15, 0.2) is 24.4 Å². The lowest BCUT2D eigenvalue weighted by Gasteiger charge is -2.11. The minimum Gasteiger partial charge on any atom is -0.376 e. The molecular formula is C9H7F4NO3S. The molecule has 0 saturated carbocycles. The number of halogens is 4. The molecule has 0 bridgehead atoms. The Morgan fingerprint density at radius 2 is 2.00 bits per heavy atom. The van der Waals surface area contributed by atoms with Crippen molar-refractivity contribution in [2.45, 2.75) is 12.4 Å². The molecule has 0 atom stereocenters. The molecule has 0 unspecified atom stereocenters. The van der Waals surface area contributed by atoms with Crippen LogP contribution in [0.25, 0.3) is 5.76 Å². The lowest BCUT2D eigenvalue weighted by molar-refractivity contribution is -0.0509. The Balaban J connectivity index is 3.05. The van der Waals surface area contributed by atoms with Gasteiger partial charge in [0.2, 0.25) is 5.95 Å². The van der Waals surface area contributed by atoms with Gasteiger partial charge in [-0.25, -0.2) is 4.98 Å². The average Bonchev–Trinajstić information content (AvgIpc) is 2.25. The van der Waals surface area contributed by atoms with Crippen molar-refractivity contribution in [3.63, 3.8) is 0 Å². The van der Waals surface area contributed by atoms with Gasteiger partial charge in [0, 0.05) is 11.8 Å². The summed E-state index contributed by atoms with van der Waals surface area (Å²) < 4.78 is 74.3. The molecule has 9 heteroatoms. The summed E-state index contributed by atoms with van der Waals surface area (Å²) in [5, 5.41) is 0. The van der Waals surface area contributed by atoms with Crippen molar-refractivity contribution < 1.29 is 30.2 Å². The molecule has 0 saturated heterocycles. The van der Waals surface area contributed by atoms with Crippen molar-refractivity contribution in [3.8, 4) is 0 Å². The zero-order chi connectivity index (χ0) is 14.0. The average molecular weight is 285 g/mol. The quantitative estimate of drug-likeness (QED) is 0.281. The highest BCUT2D eigenvalue weighted by molar-refractivity contribution is 7.87. The summed E-state index contributed by atoms with van der Waals surface area (Å²) >= 11 is 0. The summed E-state index contributed by atoms with van der Waals surface area (Å²) in [5.74, 6) is -1.44. The summed E-state index contributed by atoms with van der Waals surface area (Å²) in [5.41, 5.74) is -5.62. The third kappa shape index (κ3) is 3.19. The second-order valence-electron chi connectivity index (χ2n) is 3.01. The molecule has 18 heavy (non-hydrogen) atoms. The van der Waals surface area contributed by atoms with Gasteiger partial charge in [0.15, 0.2) is 0 Å². The van der Waals surface area contributed by atoms with Crippen molar-refractivity contribution in [1.29, 1.82) is 0 Å². The molecule has 0 aliphatic heterocycles. The van der Waals surface area contributed by atoms with Crippen LogP contribution in [0.3, 0.4) is 0 Å². The standard InChI is InChI=1S/C9H7F4NO3S/c1-2-7(6-3-4-8(10)14-5-6)17-18(15,16)9(11,12)13/h2-5H,1H3/b7-2-. The smallest absolute Gasteiger partial charge is 0.376 e. The number of aromatic nitrogens is 1. The number of hydrogen-bond donors (Lipinski definition) is 0. The van der Waals surface area contributed by atoms with Crippen LogP contribution >= 0.6 is 0 Å². The van der Waals surface area contributed by atoms with Crippen LogP contribution in [0.4, 0.5) is 17.6 Å². The second kappa shape index (κ2) is 4.92. The first-order valence-corrected chi connectivity index (χ1v) is 5.87. The van der Waals surface area contributed by atoms with Crippen molar-refractivity contribution in [3.05, 3.63) is 35.9 Å². The van der Waals surface area contributed by atoms with Crippen molar-refractivity contribution >= 4 is 15.9 Å². The Bertz CT molecular complexity index is 548. The van der Waals surface area contributed by atoms with Gasteiger partial charge in [-0.1, -0.05) is 0 Å².